The van der Waals surface area contributed by atoms with E-state index in [1.807, 2.05) is 6.26 Å². The van der Waals surface area contributed by atoms with Gasteiger partial charge in [-0.3, -0.25) is 4.79 Å². The van der Waals surface area contributed by atoms with Crippen LogP contribution in [0.2, 0.25) is 0 Å². The summed E-state index contributed by atoms with van der Waals surface area (Å²) in [6, 6.07) is 0.00873. The molecule has 17 heteroatoms. The lowest BCUT2D eigenvalue weighted by atomic mass is 10.2. The Kier molecular flexibility index (Phi) is 8.85. The van der Waals surface area contributed by atoms with Crippen molar-refractivity contribution in [2.24, 2.45) is 0 Å². The largest absolute Gasteiger partial charge is 0.490 e. The van der Waals surface area contributed by atoms with Gasteiger partial charge >= 0.3 is 24.3 Å². The molecule has 0 radical (unpaired) electrons. The molecule has 1 fully saturated rings. The van der Waals surface area contributed by atoms with Crippen LogP contribution in [0.5, 0.6) is 5.88 Å². The number of ether oxygens (including phenoxy) is 1. The second-order valence-electron chi connectivity index (χ2n) is 5.58. The number of carboxylic acid groups (broad SMARTS) is 2. The van der Waals surface area contributed by atoms with E-state index < -0.39 is 24.3 Å². The molecule has 3 heterocycles. The Bertz CT molecular complexity index is 797. The molecular formula is C14H14F6N4O6S. The summed E-state index contributed by atoms with van der Waals surface area (Å²) >= 11 is 1.43. The van der Waals surface area contributed by atoms with Gasteiger partial charge in [0.2, 0.25) is 5.88 Å². The minimum Gasteiger partial charge on any atom is -0.475 e. The summed E-state index contributed by atoms with van der Waals surface area (Å²) in [7, 11) is 0. The van der Waals surface area contributed by atoms with Gasteiger partial charge in [0.25, 0.3) is 5.91 Å². The molecule has 1 amide bonds. The second kappa shape index (κ2) is 10.5. The van der Waals surface area contributed by atoms with Crippen LogP contribution in [0.15, 0.2) is 11.4 Å². The molecule has 3 rings (SSSR count). The zero-order chi connectivity index (χ0) is 24.0. The van der Waals surface area contributed by atoms with Gasteiger partial charge in [-0.2, -0.15) is 31.3 Å². The van der Waals surface area contributed by atoms with Crippen molar-refractivity contribution in [3.63, 3.8) is 0 Å². The number of nitrogens with one attached hydrogen (secondary N) is 2. The number of carboxylic acids is 2. The number of hydrogen-bond donors (Lipinski definition) is 4. The first-order valence-electron chi connectivity index (χ1n) is 7.86. The lowest BCUT2D eigenvalue weighted by Crippen LogP contribution is -2.42. The third-order valence-corrected chi connectivity index (χ3v) is 3.94. The standard InChI is InChI=1S/C10H12N4O2S.2C2HF3O2/c1-17-10-12-2-5-8(15)13-6-3-11-4-7(6)16-9(5)14-10;2*3-2(4,5)1(6)7/h2,6-7,11H,3-4H2,1H3,(H,13,15);2*(H,6,7). The van der Waals surface area contributed by atoms with Crippen molar-refractivity contribution in [1.29, 1.82) is 0 Å². The summed E-state index contributed by atoms with van der Waals surface area (Å²) in [5.41, 5.74) is 0.414. The van der Waals surface area contributed by atoms with E-state index in [1.165, 1.54) is 18.0 Å². The molecule has 31 heavy (non-hydrogen) atoms. The van der Waals surface area contributed by atoms with Crippen LogP contribution in [-0.2, 0) is 9.59 Å². The molecule has 0 spiro atoms. The molecule has 2 aliphatic heterocycles. The highest BCUT2D eigenvalue weighted by atomic mass is 32.2. The van der Waals surface area contributed by atoms with Crippen molar-refractivity contribution in [2.45, 2.75) is 29.7 Å². The average molecular weight is 480 g/mol. The Morgan fingerprint density at radius 3 is 2.10 bits per heavy atom. The number of carbonyl (C=O) groups is 3. The molecule has 0 aliphatic carbocycles. The zero-order valence-corrected chi connectivity index (χ0v) is 16.1. The van der Waals surface area contributed by atoms with E-state index in [0.717, 1.165) is 13.1 Å². The van der Waals surface area contributed by atoms with Crippen LogP contribution in [0.4, 0.5) is 26.3 Å². The summed E-state index contributed by atoms with van der Waals surface area (Å²) in [4.78, 5) is 38.1. The Labute approximate surface area is 173 Å². The highest BCUT2D eigenvalue weighted by Gasteiger charge is 2.39. The Morgan fingerprint density at radius 2 is 1.65 bits per heavy atom. The quantitative estimate of drug-likeness (QED) is 0.260. The molecule has 174 valence electrons. The number of thioether (sulfide) groups is 1. The molecule has 10 nitrogen and oxygen atoms in total. The van der Waals surface area contributed by atoms with Crippen molar-refractivity contribution >= 4 is 29.6 Å². The monoisotopic (exact) mass is 480 g/mol. The number of aromatic nitrogens is 2. The van der Waals surface area contributed by atoms with Gasteiger partial charge in [0.05, 0.1) is 6.04 Å². The Hall–Kier alpha value is -2.82. The highest BCUT2D eigenvalue weighted by molar-refractivity contribution is 7.98. The third kappa shape index (κ3) is 8.08. The SMILES string of the molecule is CSc1ncc2c(n1)OC1CNCC1NC2=O.O=C(O)C(F)(F)F.O=C(O)C(F)(F)F. The van der Waals surface area contributed by atoms with Gasteiger partial charge < -0.3 is 25.6 Å². The lowest BCUT2D eigenvalue weighted by molar-refractivity contribution is -0.193. The van der Waals surface area contributed by atoms with Crippen LogP contribution in [0, 0.1) is 0 Å². The first kappa shape index (κ1) is 26.2. The number of halogens is 6. The molecule has 0 saturated carbocycles. The number of hydrogen-bond acceptors (Lipinski definition) is 8. The third-order valence-electron chi connectivity index (χ3n) is 3.38. The highest BCUT2D eigenvalue weighted by Crippen LogP contribution is 2.24. The molecule has 4 N–H and O–H groups in total. The van der Waals surface area contributed by atoms with Crippen LogP contribution in [-0.4, -0.2) is 81.9 Å². The van der Waals surface area contributed by atoms with Crippen LogP contribution < -0.4 is 15.4 Å². The lowest BCUT2D eigenvalue weighted by Gasteiger charge is -2.15. The fourth-order valence-corrected chi connectivity index (χ4v) is 2.34. The molecular weight excluding hydrogens is 466 g/mol. The van der Waals surface area contributed by atoms with E-state index in [4.69, 9.17) is 24.5 Å². The number of nitrogens with zero attached hydrogens (tertiary/aromatic N) is 2. The van der Waals surface area contributed by atoms with E-state index in [0.29, 0.717) is 16.6 Å². The predicted octanol–water partition coefficient (Wildman–Crippen LogP) is 0.928. The number of carbonyl (C=O) groups excluding carboxylic acids is 1. The topological polar surface area (TPSA) is 151 Å². The maximum Gasteiger partial charge on any atom is 0.490 e. The van der Waals surface area contributed by atoms with Crippen molar-refractivity contribution in [3.05, 3.63) is 11.8 Å². The molecule has 0 bridgehead atoms. The summed E-state index contributed by atoms with van der Waals surface area (Å²) in [6.45, 7) is 1.45. The Balaban J connectivity index is 0.000000288. The smallest absolute Gasteiger partial charge is 0.475 e. The van der Waals surface area contributed by atoms with Gasteiger partial charge in [0, 0.05) is 19.3 Å². The van der Waals surface area contributed by atoms with Gasteiger partial charge in [-0.15, -0.1) is 0 Å². The van der Waals surface area contributed by atoms with Crippen LogP contribution in [0.1, 0.15) is 10.4 Å². The van der Waals surface area contributed by atoms with Crippen molar-refractivity contribution < 1.29 is 55.7 Å². The number of aliphatic carboxylic acids is 2. The maximum atomic E-state index is 11.9. The van der Waals surface area contributed by atoms with Crippen LogP contribution in [0.25, 0.3) is 0 Å². The van der Waals surface area contributed by atoms with Crippen LogP contribution >= 0.6 is 11.8 Å². The first-order chi connectivity index (χ1) is 14.2. The second-order valence-corrected chi connectivity index (χ2v) is 6.35. The van der Waals surface area contributed by atoms with Gasteiger partial charge in [0.1, 0.15) is 11.7 Å². The Morgan fingerprint density at radius 1 is 1.13 bits per heavy atom. The van der Waals surface area contributed by atoms with Gasteiger partial charge in [-0.05, 0) is 6.26 Å². The predicted molar refractivity (Wildman–Crippen MR) is 89.7 cm³/mol. The van der Waals surface area contributed by atoms with E-state index in [2.05, 4.69) is 20.6 Å². The summed E-state index contributed by atoms with van der Waals surface area (Å²) in [6.07, 6.45) is -6.80. The number of alkyl halides is 6. The summed E-state index contributed by atoms with van der Waals surface area (Å²) in [5.74, 6) is -5.29. The average Bonchev–Trinajstić information content (AvgIpc) is 3.02. The summed E-state index contributed by atoms with van der Waals surface area (Å²) in [5, 5.41) is 21.0. The van der Waals surface area contributed by atoms with Crippen molar-refractivity contribution in [1.82, 2.24) is 20.6 Å². The van der Waals surface area contributed by atoms with E-state index in [-0.39, 0.29) is 18.1 Å². The van der Waals surface area contributed by atoms with E-state index in [9.17, 15) is 31.1 Å². The van der Waals surface area contributed by atoms with Gasteiger partial charge in [0.15, 0.2) is 5.16 Å². The molecule has 2 aliphatic rings. The van der Waals surface area contributed by atoms with Crippen molar-refractivity contribution in [3.8, 4) is 5.88 Å². The first-order valence-corrected chi connectivity index (χ1v) is 9.08. The van der Waals surface area contributed by atoms with Gasteiger partial charge in [-0.25, -0.2) is 14.6 Å². The minimum absolute atomic E-state index is 0.00873. The molecule has 0 aromatic carbocycles. The van der Waals surface area contributed by atoms with Crippen molar-refractivity contribution in [2.75, 3.05) is 19.3 Å². The summed E-state index contributed by atoms with van der Waals surface area (Å²) < 4.78 is 69.3. The van der Waals surface area contributed by atoms with Crippen LogP contribution in [0.3, 0.4) is 0 Å². The minimum atomic E-state index is -5.08. The zero-order valence-electron chi connectivity index (χ0n) is 15.2. The fraction of sp³-hybridized carbons (Fsp3) is 0.500. The molecule has 1 aromatic rings. The molecule has 1 saturated heterocycles. The molecule has 1 aromatic heterocycles. The number of rotatable bonds is 1. The van der Waals surface area contributed by atoms with E-state index >= 15 is 0 Å². The van der Waals surface area contributed by atoms with Gasteiger partial charge in [-0.1, -0.05) is 11.8 Å². The normalized spacial score (nSPS) is 19.6. The molecule has 2 unspecified atom stereocenters. The number of amides is 1. The molecule has 2 atom stereocenters. The maximum absolute atomic E-state index is 11.9. The number of fused-ring (bicyclic) bond motifs is 2. The fourth-order valence-electron chi connectivity index (χ4n) is 2.01. The van der Waals surface area contributed by atoms with E-state index in [1.54, 1.807) is 0 Å².